The van der Waals surface area contributed by atoms with Gasteiger partial charge in [-0.05, 0) is 11.6 Å². The summed E-state index contributed by atoms with van der Waals surface area (Å²) in [4.78, 5) is 10.3. The highest BCUT2D eigenvalue weighted by Gasteiger charge is 2.08. The zero-order valence-corrected chi connectivity index (χ0v) is 8.83. The van der Waals surface area contributed by atoms with Gasteiger partial charge in [-0.1, -0.05) is 12.1 Å². The Kier molecular flexibility index (Phi) is 2.64. The third-order valence-electron chi connectivity index (χ3n) is 2.33. The number of non-ortho nitro benzene ring substituents is 1. The fourth-order valence-corrected chi connectivity index (χ4v) is 1.56. The Balaban J connectivity index is 2.48. The van der Waals surface area contributed by atoms with Crippen molar-refractivity contribution in [2.45, 2.75) is 0 Å². The van der Waals surface area contributed by atoms with Crippen molar-refractivity contribution in [2.24, 2.45) is 7.05 Å². The van der Waals surface area contributed by atoms with Gasteiger partial charge in [-0.2, -0.15) is 0 Å². The summed E-state index contributed by atoms with van der Waals surface area (Å²) in [6.07, 6.45) is 3.85. The molecule has 0 aliphatic heterocycles. The lowest BCUT2D eigenvalue weighted by atomic mass is 10.1. The number of nitrogens with zero attached hydrogens (tertiary/aromatic N) is 2. The molecule has 0 atom stereocenters. The molecule has 4 heteroatoms. The van der Waals surface area contributed by atoms with Gasteiger partial charge in [0.1, 0.15) is 7.05 Å². The molecule has 80 valence electrons. The van der Waals surface area contributed by atoms with Crippen molar-refractivity contribution in [1.82, 2.24) is 0 Å². The number of rotatable bonds is 2. The molecule has 0 spiro atoms. The summed E-state index contributed by atoms with van der Waals surface area (Å²) < 4.78 is 1.91. The van der Waals surface area contributed by atoms with Crippen LogP contribution in [0.2, 0.25) is 0 Å². The van der Waals surface area contributed by atoms with Gasteiger partial charge in [-0.25, -0.2) is 4.57 Å². The number of aromatic nitrogens is 1. The summed E-state index contributed by atoms with van der Waals surface area (Å²) in [6.45, 7) is 0. The Morgan fingerprint density at radius 3 is 2.62 bits per heavy atom. The van der Waals surface area contributed by atoms with E-state index in [2.05, 4.69) is 0 Å². The van der Waals surface area contributed by atoms with E-state index in [1.807, 2.05) is 42.2 Å². The van der Waals surface area contributed by atoms with E-state index in [9.17, 15) is 10.1 Å². The van der Waals surface area contributed by atoms with Gasteiger partial charge >= 0.3 is 0 Å². The quantitative estimate of drug-likeness (QED) is 0.437. The van der Waals surface area contributed by atoms with Gasteiger partial charge < -0.3 is 0 Å². The van der Waals surface area contributed by atoms with Crippen LogP contribution >= 0.6 is 0 Å². The number of hydrogen-bond acceptors (Lipinski definition) is 2. The molecular formula is C12H11N2O2+. The standard InChI is InChI=1S/C12H11N2O2/c1-13-7-3-5-11(9-13)10-4-2-6-12(8-10)14(15)16/h2-9H,1H3/q+1. The molecule has 0 aliphatic carbocycles. The van der Waals surface area contributed by atoms with Crippen molar-refractivity contribution >= 4 is 5.69 Å². The van der Waals surface area contributed by atoms with Crippen molar-refractivity contribution in [3.8, 4) is 11.1 Å². The number of benzene rings is 1. The fraction of sp³-hybridized carbons (Fsp3) is 0.0833. The highest BCUT2D eigenvalue weighted by Crippen LogP contribution is 2.22. The van der Waals surface area contributed by atoms with Crippen molar-refractivity contribution in [3.63, 3.8) is 0 Å². The van der Waals surface area contributed by atoms with E-state index in [4.69, 9.17) is 0 Å². The third kappa shape index (κ3) is 2.06. The fourth-order valence-electron chi connectivity index (χ4n) is 1.56. The monoisotopic (exact) mass is 215 g/mol. The lowest BCUT2D eigenvalue weighted by Crippen LogP contribution is -2.26. The van der Waals surface area contributed by atoms with Gasteiger partial charge in [0.05, 0.1) is 4.92 Å². The molecule has 0 radical (unpaired) electrons. The van der Waals surface area contributed by atoms with Crippen LogP contribution in [0.1, 0.15) is 0 Å². The highest BCUT2D eigenvalue weighted by atomic mass is 16.6. The van der Waals surface area contributed by atoms with Crippen molar-refractivity contribution in [2.75, 3.05) is 0 Å². The Bertz CT molecular complexity index is 538. The Hall–Kier alpha value is -2.23. The van der Waals surface area contributed by atoms with Crippen LogP contribution in [0.5, 0.6) is 0 Å². The van der Waals surface area contributed by atoms with E-state index in [1.54, 1.807) is 12.1 Å². The summed E-state index contributed by atoms with van der Waals surface area (Å²) in [5, 5.41) is 10.7. The number of aryl methyl sites for hydroxylation is 1. The van der Waals surface area contributed by atoms with Gasteiger partial charge in [-0.3, -0.25) is 10.1 Å². The lowest BCUT2D eigenvalue weighted by molar-refractivity contribution is -0.671. The van der Waals surface area contributed by atoms with Crippen molar-refractivity contribution < 1.29 is 9.49 Å². The van der Waals surface area contributed by atoms with E-state index >= 15 is 0 Å². The second-order valence-corrected chi connectivity index (χ2v) is 3.57. The summed E-state index contributed by atoms with van der Waals surface area (Å²) in [5.74, 6) is 0. The second kappa shape index (κ2) is 4.10. The summed E-state index contributed by atoms with van der Waals surface area (Å²) >= 11 is 0. The van der Waals surface area contributed by atoms with Crippen LogP contribution in [-0.2, 0) is 7.05 Å². The van der Waals surface area contributed by atoms with E-state index in [0.717, 1.165) is 11.1 Å². The van der Waals surface area contributed by atoms with Gasteiger partial charge in [-0.15, -0.1) is 0 Å². The maximum absolute atomic E-state index is 10.7. The largest absolute Gasteiger partial charge is 0.270 e. The van der Waals surface area contributed by atoms with Crippen LogP contribution < -0.4 is 4.57 Å². The van der Waals surface area contributed by atoms with Crippen LogP contribution in [0, 0.1) is 10.1 Å². The van der Waals surface area contributed by atoms with Crippen LogP contribution in [0.3, 0.4) is 0 Å². The molecule has 1 aromatic heterocycles. The van der Waals surface area contributed by atoms with Gasteiger partial charge in [0.25, 0.3) is 5.69 Å². The van der Waals surface area contributed by atoms with E-state index in [1.165, 1.54) is 6.07 Å². The molecule has 0 N–H and O–H groups in total. The molecule has 0 aliphatic rings. The summed E-state index contributed by atoms with van der Waals surface area (Å²) in [7, 11) is 1.92. The molecule has 1 aromatic carbocycles. The van der Waals surface area contributed by atoms with E-state index < -0.39 is 0 Å². The van der Waals surface area contributed by atoms with Gasteiger partial charge in [0.2, 0.25) is 0 Å². The topological polar surface area (TPSA) is 47.0 Å². The molecular weight excluding hydrogens is 204 g/mol. The zero-order valence-electron chi connectivity index (χ0n) is 8.83. The van der Waals surface area contributed by atoms with Crippen LogP contribution in [0.15, 0.2) is 48.8 Å². The average molecular weight is 215 g/mol. The number of hydrogen-bond donors (Lipinski definition) is 0. The Labute approximate surface area is 92.9 Å². The van der Waals surface area contributed by atoms with E-state index in [0.29, 0.717) is 0 Å². The maximum Gasteiger partial charge on any atom is 0.270 e. The number of nitro groups is 1. The first kappa shape index (κ1) is 10.3. The Morgan fingerprint density at radius 2 is 1.94 bits per heavy atom. The number of pyridine rings is 1. The van der Waals surface area contributed by atoms with Crippen LogP contribution in [-0.4, -0.2) is 4.92 Å². The van der Waals surface area contributed by atoms with Gasteiger partial charge in [0.15, 0.2) is 12.4 Å². The second-order valence-electron chi connectivity index (χ2n) is 3.57. The minimum atomic E-state index is -0.383. The lowest BCUT2D eigenvalue weighted by Gasteiger charge is -1.99. The first-order valence-corrected chi connectivity index (χ1v) is 4.87. The van der Waals surface area contributed by atoms with Crippen LogP contribution in [0.4, 0.5) is 5.69 Å². The molecule has 0 fully saturated rings. The summed E-state index contributed by atoms with van der Waals surface area (Å²) in [5.41, 5.74) is 1.93. The highest BCUT2D eigenvalue weighted by molar-refractivity contribution is 5.64. The van der Waals surface area contributed by atoms with Crippen molar-refractivity contribution in [3.05, 3.63) is 58.9 Å². The molecule has 0 saturated heterocycles. The van der Waals surface area contributed by atoms with Gasteiger partial charge in [0, 0.05) is 23.8 Å². The minimum Gasteiger partial charge on any atom is -0.258 e. The molecule has 1 heterocycles. The molecule has 0 bridgehead atoms. The zero-order chi connectivity index (χ0) is 11.5. The maximum atomic E-state index is 10.7. The molecule has 0 saturated carbocycles. The molecule has 0 unspecified atom stereocenters. The third-order valence-corrected chi connectivity index (χ3v) is 2.33. The SMILES string of the molecule is C[n+]1cccc(-c2cccc([N+](=O)[O-])c2)c1. The number of nitro benzene ring substituents is 1. The normalized spacial score (nSPS) is 10.1. The van der Waals surface area contributed by atoms with Crippen LogP contribution in [0.25, 0.3) is 11.1 Å². The first-order valence-electron chi connectivity index (χ1n) is 4.87. The molecule has 2 rings (SSSR count). The molecule has 4 nitrogen and oxygen atoms in total. The predicted molar refractivity (Wildman–Crippen MR) is 59.7 cm³/mol. The molecule has 0 amide bonds. The van der Waals surface area contributed by atoms with Crippen molar-refractivity contribution in [1.29, 1.82) is 0 Å². The first-order chi connectivity index (χ1) is 7.66. The smallest absolute Gasteiger partial charge is 0.258 e. The average Bonchev–Trinajstić information content (AvgIpc) is 2.29. The van der Waals surface area contributed by atoms with E-state index in [-0.39, 0.29) is 10.6 Å². The Morgan fingerprint density at radius 1 is 1.19 bits per heavy atom. The summed E-state index contributed by atoms with van der Waals surface area (Å²) in [6, 6.07) is 10.5. The predicted octanol–water partition coefficient (Wildman–Crippen LogP) is 2.09. The molecule has 16 heavy (non-hydrogen) atoms. The minimum absolute atomic E-state index is 0.115. The molecule has 2 aromatic rings.